The molecule has 7 nitrogen and oxygen atoms in total. The molecule has 5 rings (SSSR count). The minimum absolute atomic E-state index is 0.0716. The van der Waals surface area contributed by atoms with E-state index < -0.39 is 6.10 Å². The van der Waals surface area contributed by atoms with Crippen molar-refractivity contribution in [3.8, 4) is 22.8 Å². The summed E-state index contributed by atoms with van der Waals surface area (Å²) in [5, 5.41) is 15.2. The van der Waals surface area contributed by atoms with Gasteiger partial charge in [0.1, 0.15) is 5.69 Å². The third kappa shape index (κ3) is 4.29. The lowest BCUT2D eigenvalue weighted by molar-refractivity contribution is 0.0911. The highest BCUT2D eigenvalue weighted by Crippen LogP contribution is 2.36. The summed E-state index contributed by atoms with van der Waals surface area (Å²) < 4.78 is 10.9. The molecule has 0 saturated heterocycles. The molecule has 1 atom stereocenters. The molecule has 5 aromatic rings. The first kappa shape index (κ1) is 22.4. The fraction of sp³-hybridized carbons (Fsp3) is 0.143. The maximum Gasteiger partial charge on any atom is 0.270 e. The third-order valence-corrected chi connectivity index (χ3v) is 6.03. The Balaban J connectivity index is 1.57. The number of pyridine rings is 1. The fourth-order valence-electron chi connectivity index (χ4n) is 4.23. The van der Waals surface area contributed by atoms with Gasteiger partial charge < -0.3 is 24.9 Å². The van der Waals surface area contributed by atoms with Gasteiger partial charge in [-0.2, -0.15) is 0 Å². The smallest absolute Gasteiger partial charge is 0.270 e. The van der Waals surface area contributed by atoms with Crippen molar-refractivity contribution in [3.05, 3.63) is 90.1 Å². The van der Waals surface area contributed by atoms with E-state index in [9.17, 15) is 9.90 Å². The van der Waals surface area contributed by atoms with Crippen LogP contribution >= 0.6 is 0 Å². The Morgan fingerprint density at radius 2 is 1.69 bits per heavy atom. The van der Waals surface area contributed by atoms with Gasteiger partial charge in [-0.3, -0.25) is 4.79 Å². The third-order valence-electron chi connectivity index (χ3n) is 6.03. The molecule has 2 aromatic heterocycles. The number of aliphatic hydroxyl groups excluding tert-OH is 1. The number of benzene rings is 3. The normalized spacial score (nSPS) is 12.0. The summed E-state index contributed by atoms with van der Waals surface area (Å²) in [6, 6.07) is 24.5. The summed E-state index contributed by atoms with van der Waals surface area (Å²) in [6.45, 7) is 0.0716. The van der Waals surface area contributed by atoms with E-state index >= 15 is 0 Å². The maximum absolute atomic E-state index is 13.1. The van der Waals surface area contributed by atoms with E-state index in [1.54, 1.807) is 20.3 Å². The van der Waals surface area contributed by atoms with Crippen LogP contribution in [0.15, 0.2) is 78.9 Å². The van der Waals surface area contributed by atoms with Gasteiger partial charge in [-0.15, -0.1) is 0 Å². The van der Waals surface area contributed by atoms with E-state index in [0.717, 1.165) is 32.9 Å². The number of methoxy groups -OCH3 is 2. The van der Waals surface area contributed by atoms with Gasteiger partial charge in [-0.05, 0) is 35.9 Å². The minimum Gasteiger partial charge on any atom is -0.493 e. The summed E-state index contributed by atoms with van der Waals surface area (Å²) in [6.07, 6.45) is -0.817. The largest absolute Gasteiger partial charge is 0.493 e. The molecule has 0 spiro atoms. The summed E-state index contributed by atoms with van der Waals surface area (Å²) in [4.78, 5) is 21.3. The molecule has 0 saturated carbocycles. The van der Waals surface area contributed by atoms with Crippen LogP contribution in [0, 0.1) is 0 Å². The molecule has 0 bridgehead atoms. The van der Waals surface area contributed by atoms with Crippen molar-refractivity contribution in [2.24, 2.45) is 0 Å². The van der Waals surface area contributed by atoms with Crippen LogP contribution in [0.5, 0.6) is 11.5 Å². The molecule has 176 valence electrons. The van der Waals surface area contributed by atoms with Gasteiger partial charge in [0.2, 0.25) is 0 Å². The number of nitrogens with one attached hydrogen (secondary N) is 2. The Bertz CT molecular complexity index is 1510. The molecular weight excluding hydrogens is 442 g/mol. The van der Waals surface area contributed by atoms with Crippen LogP contribution in [0.1, 0.15) is 22.2 Å². The summed E-state index contributed by atoms with van der Waals surface area (Å²) in [5.74, 6) is 0.804. The standard InChI is InChI=1S/C28H25N3O4/c1-34-24-13-12-18(14-25(24)35-2)26-27-20(19-10-6-7-11-21(19)30-27)15-22(31-26)28(33)29-16-23(32)17-8-4-3-5-9-17/h3-15,23,30,32H,16H2,1-2H3,(H,29,33)/t23-/m1/s1. The zero-order chi connectivity index (χ0) is 24.4. The molecule has 0 fully saturated rings. The number of carbonyl (C=O) groups excluding carboxylic acids is 1. The Hall–Kier alpha value is -4.36. The predicted molar refractivity (Wildman–Crippen MR) is 136 cm³/mol. The van der Waals surface area contributed by atoms with Crippen molar-refractivity contribution in [2.75, 3.05) is 20.8 Å². The van der Waals surface area contributed by atoms with E-state index in [4.69, 9.17) is 14.5 Å². The molecule has 0 aliphatic heterocycles. The van der Waals surface area contributed by atoms with Crippen LogP contribution < -0.4 is 14.8 Å². The number of carbonyl (C=O) groups is 1. The van der Waals surface area contributed by atoms with Crippen LogP contribution in [0.25, 0.3) is 33.1 Å². The number of aliphatic hydroxyl groups is 1. The number of nitrogens with zero attached hydrogens (tertiary/aromatic N) is 1. The minimum atomic E-state index is -0.817. The molecule has 0 aliphatic carbocycles. The number of H-pyrrole nitrogens is 1. The first-order valence-electron chi connectivity index (χ1n) is 11.2. The van der Waals surface area contributed by atoms with E-state index in [1.165, 1.54) is 0 Å². The van der Waals surface area contributed by atoms with Gasteiger partial charge in [0.05, 0.1) is 31.5 Å². The number of hydrogen-bond acceptors (Lipinski definition) is 5. The lowest BCUT2D eigenvalue weighted by Gasteiger charge is -2.13. The fourth-order valence-corrected chi connectivity index (χ4v) is 4.23. The van der Waals surface area contributed by atoms with Gasteiger partial charge in [-0.25, -0.2) is 4.98 Å². The van der Waals surface area contributed by atoms with Crippen molar-refractivity contribution < 1.29 is 19.4 Å². The number of aromatic nitrogens is 2. The first-order chi connectivity index (χ1) is 17.1. The number of hydrogen-bond donors (Lipinski definition) is 3. The molecule has 7 heteroatoms. The highest BCUT2D eigenvalue weighted by atomic mass is 16.5. The van der Waals surface area contributed by atoms with Gasteiger partial charge in [-0.1, -0.05) is 48.5 Å². The van der Waals surface area contributed by atoms with Crippen LogP contribution in [-0.4, -0.2) is 41.7 Å². The van der Waals surface area contributed by atoms with E-state index in [0.29, 0.717) is 17.2 Å². The van der Waals surface area contributed by atoms with Crippen LogP contribution in [0.2, 0.25) is 0 Å². The first-order valence-corrected chi connectivity index (χ1v) is 11.2. The van der Waals surface area contributed by atoms with Gasteiger partial charge in [0, 0.05) is 28.4 Å². The van der Waals surface area contributed by atoms with Crippen molar-refractivity contribution >= 4 is 27.7 Å². The molecular formula is C28H25N3O4. The Morgan fingerprint density at radius 3 is 2.46 bits per heavy atom. The van der Waals surface area contributed by atoms with Crippen LogP contribution in [0.3, 0.4) is 0 Å². The van der Waals surface area contributed by atoms with Crippen molar-refractivity contribution in [1.82, 2.24) is 15.3 Å². The Kier molecular flexibility index (Phi) is 6.08. The van der Waals surface area contributed by atoms with E-state index in [-0.39, 0.29) is 18.1 Å². The monoisotopic (exact) mass is 467 g/mol. The summed E-state index contributed by atoms with van der Waals surface area (Å²) >= 11 is 0. The second-order valence-electron chi connectivity index (χ2n) is 8.16. The van der Waals surface area contributed by atoms with E-state index in [2.05, 4.69) is 10.3 Å². The lowest BCUT2D eigenvalue weighted by atomic mass is 10.1. The molecule has 3 aromatic carbocycles. The zero-order valence-electron chi connectivity index (χ0n) is 19.4. The van der Waals surface area contributed by atoms with Crippen molar-refractivity contribution in [1.29, 1.82) is 0 Å². The number of fused-ring (bicyclic) bond motifs is 3. The molecule has 1 amide bonds. The molecule has 0 unspecified atom stereocenters. The van der Waals surface area contributed by atoms with E-state index in [1.807, 2.05) is 72.8 Å². The quantitative estimate of drug-likeness (QED) is 0.318. The second kappa shape index (κ2) is 9.48. The highest BCUT2D eigenvalue weighted by molar-refractivity contribution is 6.13. The maximum atomic E-state index is 13.1. The molecule has 0 radical (unpaired) electrons. The average Bonchev–Trinajstić information content (AvgIpc) is 3.29. The van der Waals surface area contributed by atoms with Gasteiger partial charge in [0.15, 0.2) is 11.5 Å². The number of rotatable bonds is 7. The number of ether oxygens (including phenoxy) is 2. The molecule has 0 aliphatic rings. The zero-order valence-corrected chi connectivity index (χ0v) is 19.4. The molecule has 35 heavy (non-hydrogen) atoms. The highest BCUT2D eigenvalue weighted by Gasteiger charge is 2.19. The number of amides is 1. The Morgan fingerprint density at radius 1 is 0.943 bits per heavy atom. The van der Waals surface area contributed by atoms with Crippen LogP contribution in [0.4, 0.5) is 0 Å². The topological polar surface area (TPSA) is 96.5 Å². The SMILES string of the molecule is COc1ccc(-c2nc(C(=O)NC[C@@H](O)c3ccccc3)cc3c2[nH]c2ccccc23)cc1OC. The Labute approximate surface area is 202 Å². The predicted octanol–water partition coefficient (Wildman–Crippen LogP) is 4.86. The van der Waals surface area contributed by atoms with Crippen LogP contribution in [-0.2, 0) is 0 Å². The molecule has 2 heterocycles. The average molecular weight is 468 g/mol. The number of para-hydroxylation sites is 1. The van der Waals surface area contributed by atoms with Crippen molar-refractivity contribution in [2.45, 2.75) is 6.10 Å². The van der Waals surface area contributed by atoms with Crippen molar-refractivity contribution in [3.63, 3.8) is 0 Å². The summed E-state index contributed by atoms with van der Waals surface area (Å²) in [5.41, 5.74) is 4.15. The molecule has 3 N–H and O–H groups in total. The second-order valence-corrected chi connectivity index (χ2v) is 8.16. The van der Waals surface area contributed by atoms with Gasteiger partial charge in [0.25, 0.3) is 5.91 Å². The van der Waals surface area contributed by atoms with Gasteiger partial charge >= 0.3 is 0 Å². The summed E-state index contributed by atoms with van der Waals surface area (Å²) in [7, 11) is 3.16. The number of aromatic amines is 1. The lowest BCUT2D eigenvalue weighted by Crippen LogP contribution is -2.29.